The minimum atomic E-state index is -0.416. The Kier molecular flexibility index (Phi) is 2.83. The first kappa shape index (κ1) is 7.43. The van der Waals surface area contributed by atoms with Crippen LogP contribution in [0.15, 0.2) is 0 Å². The Morgan fingerprint density at radius 2 is 1.57 bits per heavy atom. The lowest BCUT2D eigenvalue weighted by Gasteiger charge is -2.08. The maximum absolute atomic E-state index is 2.39. The minimum absolute atomic E-state index is 0.416. The summed E-state index contributed by atoms with van der Waals surface area (Å²) in [6.07, 6.45) is 2.81. The van der Waals surface area contributed by atoms with Gasteiger partial charge in [0, 0.05) is 27.3 Å². The van der Waals surface area contributed by atoms with Crippen molar-refractivity contribution in [3.63, 3.8) is 0 Å². The van der Waals surface area contributed by atoms with Gasteiger partial charge in [0.15, 0.2) is 0 Å². The van der Waals surface area contributed by atoms with Gasteiger partial charge in [0.05, 0.1) is 6.16 Å². The lowest BCUT2D eigenvalue weighted by molar-refractivity contribution is 1.09. The van der Waals surface area contributed by atoms with Crippen molar-refractivity contribution in [1.29, 1.82) is 0 Å². The van der Waals surface area contributed by atoms with Crippen molar-refractivity contribution in [2.45, 2.75) is 13.3 Å². The molecule has 0 aliphatic carbocycles. The van der Waals surface area contributed by atoms with E-state index in [1.54, 1.807) is 0 Å². The fourth-order valence-electron chi connectivity index (χ4n) is 0.671. The molecule has 0 fully saturated rings. The average Bonchev–Trinajstić information content (AvgIpc) is 1.30. The van der Waals surface area contributed by atoms with Crippen LogP contribution in [0.25, 0.3) is 0 Å². The standard InChI is InChI=1S/C6H16P/c1-5-6-7(2,3)4/h5-6H2,1-4H3/q+1. The fourth-order valence-corrected chi connectivity index (χ4v) is 2.01. The topological polar surface area (TPSA) is 0 Å². The van der Waals surface area contributed by atoms with Gasteiger partial charge in [-0.05, 0) is 6.42 Å². The van der Waals surface area contributed by atoms with Gasteiger partial charge in [-0.2, -0.15) is 0 Å². The normalized spacial score (nSPS) is 12.0. The first-order chi connectivity index (χ1) is 3.06. The molecule has 0 aliphatic rings. The van der Waals surface area contributed by atoms with E-state index in [1.807, 2.05) is 0 Å². The lowest BCUT2D eigenvalue weighted by atomic mass is 10.6. The van der Waals surface area contributed by atoms with Crippen molar-refractivity contribution in [3.05, 3.63) is 0 Å². The summed E-state index contributed by atoms with van der Waals surface area (Å²) >= 11 is 0. The van der Waals surface area contributed by atoms with Crippen LogP contribution in [0.1, 0.15) is 13.3 Å². The van der Waals surface area contributed by atoms with E-state index in [1.165, 1.54) is 12.6 Å². The van der Waals surface area contributed by atoms with E-state index in [9.17, 15) is 0 Å². The second kappa shape index (κ2) is 2.67. The molecule has 0 unspecified atom stereocenters. The molecule has 0 aliphatic heterocycles. The highest BCUT2D eigenvalue weighted by Gasteiger charge is 2.13. The second-order valence-corrected chi connectivity index (χ2v) is 8.04. The summed E-state index contributed by atoms with van der Waals surface area (Å²) in [6, 6.07) is 0. The highest BCUT2D eigenvalue weighted by molar-refractivity contribution is 7.73. The molecule has 0 bridgehead atoms. The predicted octanol–water partition coefficient (Wildman–Crippen LogP) is 2.30. The molecule has 0 nitrogen and oxygen atoms in total. The molecule has 0 amide bonds. The molecule has 0 rings (SSSR count). The van der Waals surface area contributed by atoms with Crippen LogP contribution in [0.5, 0.6) is 0 Å². The van der Waals surface area contributed by atoms with Crippen LogP contribution in [-0.2, 0) is 0 Å². The lowest BCUT2D eigenvalue weighted by Crippen LogP contribution is -1.89. The van der Waals surface area contributed by atoms with Crippen molar-refractivity contribution in [2.75, 3.05) is 26.2 Å². The monoisotopic (exact) mass is 119 g/mol. The number of rotatable bonds is 2. The number of hydrogen-bond acceptors (Lipinski definition) is 0. The highest BCUT2D eigenvalue weighted by Crippen LogP contribution is 2.46. The Balaban J connectivity index is 3.15. The fraction of sp³-hybridized carbons (Fsp3) is 1.00. The Labute approximate surface area is 47.6 Å². The Morgan fingerprint density at radius 3 is 1.57 bits per heavy atom. The average molecular weight is 119 g/mol. The van der Waals surface area contributed by atoms with Crippen LogP contribution in [0.3, 0.4) is 0 Å². The van der Waals surface area contributed by atoms with Crippen LogP contribution < -0.4 is 0 Å². The van der Waals surface area contributed by atoms with Crippen LogP contribution >= 0.6 is 7.26 Å². The molecule has 0 saturated carbocycles. The van der Waals surface area contributed by atoms with E-state index in [2.05, 4.69) is 26.9 Å². The zero-order valence-electron chi connectivity index (χ0n) is 5.86. The molecule has 0 heterocycles. The third kappa shape index (κ3) is 6.43. The van der Waals surface area contributed by atoms with Crippen molar-refractivity contribution >= 4 is 7.26 Å². The Morgan fingerprint density at radius 1 is 1.14 bits per heavy atom. The molecule has 0 aromatic rings. The van der Waals surface area contributed by atoms with Gasteiger partial charge in [0.1, 0.15) is 0 Å². The molecule has 7 heavy (non-hydrogen) atoms. The molecule has 0 spiro atoms. The quantitative estimate of drug-likeness (QED) is 0.489. The van der Waals surface area contributed by atoms with E-state index in [0.717, 1.165) is 0 Å². The van der Waals surface area contributed by atoms with Crippen LogP contribution in [0.2, 0.25) is 0 Å². The van der Waals surface area contributed by atoms with Crippen LogP contribution in [0, 0.1) is 0 Å². The molecule has 0 N–H and O–H groups in total. The molecule has 0 radical (unpaired) electrons. The summed E-state index contributed by atoms with van der Waals surface area (Å²) in [5, 5.41) is 0. The van der Waals surface area contributed by atoms with Gasteiger partial charge in [0.2, 0.25) is 0 Å². The zero-order chi connectivity index (χ0) is 5.91. The summed E-state index contributed by atoms with van der Waals surface area (Å²) in [5.74, 6) is 0. The second-order valence-electron chi connectivity index (χ2n) is 3.01. The summed E-state index contributed by atoms with van der Waals surface area (Å²) in [7, 11) is -0.416. The maximum Gasteiger partial charge on any atom is 0.0583 e. The maximum atomic E-state index is 2.39. The van der Waals surface area contributed by atoms with Crippen LogP contribution in [0.4, 0.5) is 0 Å². The molecule has 0 aromatic heterocycles. The molecule has 0 atom stereocenters. The summed E-state index contributed by atoms with van der Waals surface area (Å²) in [5.41, 5.74) is 0. The van der Waals surface area contributed by atoms with Gasteiger partial charge < -0.3 is 0 Å². The van der Waals surface area contributed by atoms with Crippen LogP contribution in [-0.4, -0.2) is 26.2 Å². The third-order valence-corrected chi connectivity index (χ3v) is 2.68. The first-order valence-electron chi connectivity index (χ1n) is 2.86. The molecule has 44 valence electrons. The van der Waals surface area contributed by atoms with E-state index < -0.39 is 7.26 Å². The molecule has 1 heteroatoms. The molecule has 0 saturated heterocycles. The van der Waals surface area contributed by atoms with Gasteiger partial charge in [0.25, 0.3) is 0 Å². The van der Waals surface area contributed by atoms with Gasteiger partial charge in [-0.1, -0.05) is 6.92 Å². The van der Waals surface area contributed by atoms with E-state index in [-0.39, 0.29) is 0 Å². The van der Waals surface area contributed by atoms with Crippen molar-refractivity contribution in [1.82, 2.24) is 0 Å². The van der Waals surface area contributed by atoms with Gasteiger partial charge in [-0.25, -0.2) is 0 Å². The molecular formula is C6H16P+. The smallest absolute Gasteiger partial charge is 0.0583 e. The predicted molar refractivity (Wildman–Crippen MR) is 39.9 cm³/mol. The highest BCUT2D eigenvalue weighted by atomic mass is 31.2. The first-order valence-corrected chi connectivity index (χ1v) is 6.18. The minimum Gasteiger partial charge on any atom is -0.0619 e. The SMILES string of the molecule is CCC[P+](C)(C)C. The van der Waals surface area contributed by atoms with Gasteiger partial charge in [-0.15, -0.1) is 0 Å². The Hall–Kier alpha value is 0.430. The van der Waals surface area contributed by atoms with E-state index >= 15 is 0 Å². The Bertz CT molecular complexity index is 42.6. The van der Waals surface area contributed by atoms with Crippen molar-refractivity contribution in [3.8, 4) is 0 Å². The van der Waals surface area contributed by atoms with Crippen molar-refractivity contribution < 1.29 is 0 Å². The largest absolute Gasteiger partial charge is 0.0619 e. The molecule has 0 aromatic carbocycles. The van der Waals surface area contributed by atoms with Gasteiger partial charge >= 0.3 is 0 Å². The summed E-state index contributed by atoms with van der Waals surface area (Å²) in [6.45, 7) is 9.41. The van der Waals surface area contributed by atoms with Crippen molar-refractivity contribution in [2.24, 2.45) is 0 Å². The summed E-state index contributed by atoms with van der Waals surface area (Å²) in [4.78, 5) is 0. The third-order valence-electron chi connectivity index (χ3n) is 0.894. The van der Waals surface area contributed by atoms with Gasteiger partial charge in [-0.3, -0.25) is 0 Å². The van der Waals surface area contributed by atoms with E-state index in [4.69, 9.17) is 0 Å². The summed E-state index contributed by atoms with van der Waals surface area (Å²) < 4.78 is 0. The van der Waals surface area contributed by atoms with E-state index in [0.29, 0.717) is 0 Å². The zero-order valence-corrected chi connectivity index (χ0v) is 6.76. The molecular weight excluding hydrogens is 103 g/mol. The number of hydrogen-bond donors (Lipinski definition) is 0.